The van der Waals surface area contributed by atoms with Crippen molar-refractivity contribution in [1.82, 2.24) is 4.90 Å². The first-order chi connectivity index (χ1) is 9.09. The molecule has 1 heterocycles. The minimum Gasteiger partial charge on any atom is -0.481 e. The predicted molar refractivity (Wildman–Crippen MR) is 70.2 cm³/mol. The van der Waals surface area contributed by atoms with Gasteiger partial charge in [-0.1, -0.05) is 0 Å². The van der Waals surface area contributed by atoms with E-state index in [-0.39, 0.29) is 25.9 Å². The monoisotopic (exact) mass is 289 g/mol. The Morgan fingerprint density at radius 3 is 2.45 bits per heavy atom. The smallest absolute Gasteiger partial charge is 0.410 e. The minimum atomic E-state index is -1.22. The largest absolute Gasteiger partial charge is 0.481 e. The van der Waals surface area contributed by atoms with Gasteiger partial charge in [0.2, 0.25) is 0 Å². The van der Waals surface area contributed by atoms with E-state index in [2.05, 4.69) is 0 Å². The summed E-state index contributed by atoms with van der Waals surface area (Å²) >= 11 is 0. The molecule has 0 saturated carbocycles. The quantitative estimate of drug-likeness (QED) is 0.693. The molecule has 7 heteroatoms. The number of aliphatic hydroxyl groups is 2. The highest BCUT2D eigenvalue weighted by atomic mass is 16.6. The number of ether oxygens (including phenoxy) is 1. The van der Waals surface area contributed by atoms with Crippen LogP contribution in [0.2, 0.25) is 0 Å². The lowest BCUT2D eigenvalue weighted by Crippen LogP contribution is -2.41. The van der Waals surface area contributed by atoms with Gasteiger partial charge in [-0.2, -0.15) is 0 Å². The third kappa shape index (κ3) is 4.08. The number of likely N-dealkylation sites (tertiary alicyclic amines) is 1. The summed E-state index contributed by atoms with van der Waals surface area (Å²) in [5.74, 6) is -1.07. The van der Waals surface area contributed by atoms with Gasteiger partial charge in [0.05, 0.1) is 18.1 Å². The summed E-state index contributed by atoms with van der Waals surface area (Å²) in [6.07, 6.45) is -1.51. The molecule has 2 atom stereocenters. The number of carbonyl (C=O) groups excluding carboxylic acids is 1. The third-order valence-corrected chi connectivity index (χ3v) is 3.30. The standard InChI is InChI=1S/C13H23NO6/c1-12(2,3)20-11(19)14-5-4-13(8-14,10(17)18)6-9(16)7-15/h9,15-16H,4-8H2,1-3H3,(H,17,18). The second-order valence-corrected chi connectivity index (χ2v) is 6.28. The zero-order valence-electron chi connectivity index (χ0n) is 12.1. The Bertz CT molecular complexity index is 378. The van der Waals surface area contributed by atoms with Crippen LogP contribution in [0, 0.1) is 5.41 Å². The van der Waals surface area contributed by atoms with Crippen molar-refractivity contribution in [3.05, 3.63) is 0 Å². The highest BCUT2D eigenvalue weighted by Crippen LogP contribution is 2.36. The summed E-state index contributed by atoms with van der Waals surface area (Å²) in [6.45, 7) is 4.96. The molecule has 20 heavy (non-hydrogen) atoms. The SMILES string of the molecule is CC(C)(C)OC(=O)N1CCC(CC(O)CO)(C(=O)O)C1. The molecular formula is C13H23NO6. The van der Waals surface area contributed by atoms with Crippen LogP contribution < -0.4 is 0 Å². The van der Waals surface area contributed by atoms with E-state index in [0.29, 0.717) is 0 Å². The molecule has 1 saturated heterocycles. The van der Waals surface area contributed by atoms with E-state index >= 15 is 0 Å². The van der Waals surface area contributed by atoms with E-state index in [0.717, 1.165) is 0 Å². The number of rotatable bonds is 4. The molecule has 0 radical (unpaired) electrons. The fourth-order valence-corrected chi connectivity index (χ4v) is 2.30. The van der Waals surface area contributed by atoms with E-state index in [4.69, 9.17) is 9.84 Å². The van der Waals surface area contributed by atoms with E-state index in [1.807, 2.05) is 0 Å². The Morgan fingerprint density at radius 1 is 1.40 bits per heavy atom. The van der Waals surface area contributed by atoms with Crippen LogP contribution in [-0.2, 0) is 9.53 Å². The van der Waals surface area contributed by atoms with Gasteiger partial charge in [-0.3, -0.25) is 4.79 Å². The second-order valence-electron chi connectivity index (χ2n) is 6.28. The molecule has 0 aliphatic carbocycles. The van der Waals surface area contributed by atoms with Crippen molar-refractivity contribution in [2.75, 3.05) is 19.7 Å². The summed E-state index contributed by atoms with van der Waals surface area (Å²) in [7, 11) is 0. The van der Waals surface area contributed by atoms with Crippen molar-refractivity contribution in [3.8, 4) is 0 Å². The van der Waals surface area contributed by atoms with Crippen molar-refractivity contribution in [2.45, 2.75) is 45.3 Å². The molecule has 2 unspecified atom stereocenters. The maximum atomic E-state index is 11.9. The van der Waals surface area contributed by atoms with Gasteiger partial charge in [-0.25, -0.2) is 4.79 Å². The Hall–Kier alpha value is -1.34. The molecule has 0 spiro atoms. The van der Waals surface area contributed by atoms with Crippen LogP contribution in [0.5, 0.6) is 0 Å². The van der Waals surface area contributed by atoms with Crippen molar-refractivity contribution < 1.29 is 29.6 Å². The highest BCUT2D eigenvalue weighted by Gasteiger charge is 2.48. The lowest BCUT2D eigenvalue weighted by Gasteiger charge is -2.28. The van der Waals surface area contributed by atoms with Crippen molar-refractivity contribution in [1.29, 1.82) is 0 Å². The summed E-state index contributed by atoms with van der Waals surface area (Å²) < 4.78 is 5.21. The fourth-order valence-electron chi connectivity index (χ4n) is 2.30. The van der Waals surface area contributed by atoms with Gasteiger partial charge >= 0.3 is 12.1 Å². The number of carbonyl (C=O) groups is 2. The number of amides is 1. The highest BCUT2D eigenvalue weighted by molar-refractivity contribution is 5.78. The number of hydrogen-bond acceptors (Lipinski definition) is 5. The lowest BCUT2D eigenvalue weighted by molar-refractivity contribution is -0.150. The van der Waals surface area contributed by atoms with Gasteiger partial charge in [-0.15, -0.1) is 0 Å². The molecule has 0 aromatic carbocycles. The number of aliphatic carboxylic acids is 1. The van der Waals surface area contributed by atoms with Crippen LogP contribution in [0.4, 0.5) is 4.79 Å². The van der Waals surface area contributed by atoms with Crippen LogP contribution in [0.15, 0.2) is 0 Å². The second kappa shape index (κ2) is 5.97. The Kier molecular flexibility index (Phi) is 4.99. The molecule has 3 N–H and O–H groups in total. The topological polar surface area (TPSA) is 107 Å². The molecule has 116 valence electrons. The first-order valence-electron chi connectivity index (χ1n) is 6.60. The average Bonchev–Trinajstić information content (AvgIpc) is 2.72. The van der Waals surface area contributed by atoms with E-state index in [9.17, 15) is 19.8 Å². The molecule has 0 aromatic heterocycles. The van der Waals surface area contributed by atoms with Gasteiger partial charge in [0.25, 0.3) is 0 Å². The van der Waals surface area contributed by atoms with Gasteiger partial charge in [0.1, 0.15) is 5.60 Å². The number of hydrogen-bond donors (Lipinski definition) is 3. The third-order valence-electron chi connectivity index (χ3n) is 3.30. The minimum absolute atomic E-state index is 0.0195. The number of aliphatic hydroxyl groups excluding tert-OH is 2. The molecule has 0 aromatic rings. The number of carboxylic acid groups (broad SMARTS) is 1. The molecule has 0 bridgehead atoms. The van der Waals surface area contributed by atoms with E-state index in [1.54, 1.807) is 20.8 Å². The summed E-state index contributed by atoms with van der Waals surface area (Å²) in [6, 6.07) is 0. The maximum absolute atomic E-state index is 11.9. The summed E-state index contributed by atoms with van der Waals surface area (Å²) in [5, 5.41) is 27.7. The number of carboxylic acids is 1. The first kappa shape index (κ1) is 16.7. The maximum Gasteiger partial charge on any atom is 0.410 e. The average molecular weight is 289 g/mol. The molecule has 7 nitrogen and oxygen atoms in total. The van der Waals surface area contributed by atoms with Crippen molar-refractivity contribution >= 4 is 12.1 Å². The molecular weight excluding hydrogens is 266 g/mol. The summed E-state index contributed by atoms with van der Waals surface area (Å²) in [4.78, 5) is 24.7. The Balaban J connectivity index is 2.75. The zero-order chi connectivity index (χ0) is 15.6. The van der Waals surface area contributed by atoms with Gasteiger partial charge in [-0.05, 0) is 33.6 Å². The molecule has 1 amide bonds. The Labute approximate surface area is 118 Å². The van der Waals surface area contributed by atoms with Crippen molar-refractivity contribution in [2.24, 2.45) is 5.41 Å². The normalized spacial score (nSPS) is 24.6. The van der Waals surface area contributed by atoms with Crippen LogP contribution in [0.1, 0.15) is 33.6 Å². The predicted octanol–water partition coefficient (Wildman–Crippen LogP) is 0.442. The Morgan fingerprint density at radius 2 is 2.00 bits per heavy atom. The van der Waals surface area contributed by atoms with Crippen molar-refractivity contribution in [3.63, 3.8) is 0 Å². The van der Waals surface area contributed by atoms with E-state index in [1.165, 1.54) is 4.90 Å². The van der Waals surface area contributed by atoms with Crippen LogP contribution in [0.25, 0.3) is 0 Å². The van der Waals surface area contributed by atoms with Crippen LogP contribution in [0.3, 0.4) is 0 Å². The van der Waals surface area contributed by atoms with Gasteiger partial charge < -0.3 is 25.0 Å². The molecule has 1 rings (SSSR count). The van der Waals surface area contributed by atoms with Gasteiger partial charge in [0.15, 0.2) is 0 Å². The van der Waals surface area contributed by atoms with Crippen LogP contribution >= 0.6 is 0 Å². The fraction of sp³-hybridized carbons (Fsp3) is 0.846. The first-order valence-corrected chi connectivity index (χ1v) is 6.60. The molecule has 1 aliphatic heterocycles. The molecule has 1 aliphatic rings. The zero-order valence-corrected chi connectivity index (χ0v) is 12.1. The summed E-state index contributed by atoms with van der Waals surface area (Å²) in [5.41, 5.74) is -1.87. The van der Waals surface area contributed by atoms with Crippen LogP contribution in [-0.4, -0.2) is 63.7 Å². The lowest BCUT2D eigenvalue weighted by atomic mass is 9.81. The molecule has 1 fully saturated rings. The number of nitrogens with zero attached hydrogens (tertiary/aromatic N) is 1. The van der Waals surface area contributed by atoms with Gasteiger partial charge in [0, 0.05) is 13.1 Å². The van der Waals surface area contributed by atoms with E-state index < -0.39 is 35.8 Å².